The number of nitrogens with one attached hydrogen (secondary N) is 1. The van der Waals surface area contributed by atoms with Gasteiger partial charge >= 0.3 is 0 Å². The van der Waals surface area contributed by atoms with Crippen molar-refractivity contribution in [1.29, 1.82) is 0 Å². The number of ether oxygens (including phenoxy) is 2. The van der Waals surface area contributed by atoms with Crippen molar-refractivity contribution in [2.24, 2.45) is 0 Å². The van der Waals surface area contributed by atoms with Crippen LogP contribution in [0.5, 0.6) is 5.75 Å². The summed E-state index contributed by atoms with van der Waals surface area (Å²) in [5, 5.41) is 3.11. The van der Waals surface area contributed by atoms with E-state index in [1.807, 2.05) is 60.7 Å². The second-order valence-electron chi connectivity index (χ2n) is 7.33. The van der Waals surface area contributed by atoms with Gasteiger partial charge in [0.1, 0.15) is 12.4 Å². The number of hydrogen-bond acceptors (Lipinski definition) is 4. The van der Waals surface area contributed by atoms with Crippen LogP contribution in [0.1, 0.15) is 24.0 Å². The highest BCUT2D eigenvalue weighted by molar-refractivity contribution is 9.10. The second kappa shape index (κ2) is 9.41. The first-order valence-corrected chi connectivity index (χ1v) is 10.7. The summed E-state index contributed by atoms with van der Waals surface area (Å²) in [6.45, 7) is 1.56. The molecule has 154 valence electrons. The quantitative estimate of drug-likeness (QED) is 0.548. The Morgan fingerprint density at radius 3 is 2.63 bits per heavy atom. The average Bonchev–Trinajstić information content (AvgIpc) is 2.79. The van der Waals surface area contributed by atoms with Crippen LogP contribution >= 0.6 is 15.9 Å². The molecule has 1 N–H and O–H groups in total. The summed E-state index contributed by atoms with van der Waals surface area (Å²) in [5.41, 5.74) is 2.11. The van der Waals surface area contributed by atoms with Crippen LogP contribution in [0.25, 0.3) is 0 Å². The normalized spacial score (nSPS) is 15.4. The summed E-state index contributed by atoms with van der Waals surface area (Å²) in [5.74, 6) is 0.679. The standard InChI is InChI=1S/C24H23BrN2O3/c25-20-8-6-19(7-9-20)24(10-13-29-14-11-24)23(28)27-21-4-1-5-22(15-21)30-17-18-3-2-12-26-16-18/h1-9,12,15-16H,10-11,13-14,17H2,(H,27,28). The molecule has 2 heterocycles. The zero-order valence-electron chi connectivity index (χ0n) is 16.5. The number of carbonyl (C=O) groups is 1. The molecule has 1 amide bonds. The number of aromatic nitrogens is 1. The summed E-state index contributed by atoms with van der Waals surface area (Å²) in [6.07, 6.45) is 4.81. The predicted molar refractivity (Wildman–Crippen MR) is 120 cm³/mol. The SMILES string of the molecule is O=C(Nc1cccc(OCc2cccnc2)c1)C1(c2ccc(Br)cc2)CCOCC1. The number of halogens is 1. The fourth-order valence-electron chi connectivity index (χ4n) is 3.70. The molecule has 0 radical (unpaired) electrons. The number of benzene rings is 2. The predicted octanol–water partition coefficient (Wildman–Crippen LogP) is 5.11. The Hall–Kier alpha value is -2.70. The Balaban J connectivity index is 1.50. The van der Waals surface area contributed by atoms with Gasteiger partial charge in [0, 0.05) is 47.4 Å². The first-order valence-electron chi connectivity index (χ1n) is 9.93. The van der Waals surface area contributed by atoms with Gasteiger partial charge in [-0.1, -0.05) is 40.2 Å². The van der Waals surface area contributed by atoms with Gasteiger partial charge in [0.15, 0.2) is 0 Å². The molecule has 0 saturated carbocycles. The van der Waals surface area contributed by atoms with Gasteiger partial charge in [0.2, 0.25) is 5.91 Å². The maximum Gasteiger partial charge on any atom is 0.235 e. The van der Waals surface area contributed by atoms with Gasteiger partial charge in [-0.2, -0.15) is 0 Å². The molecule has 30 heavy (non-hydrogen) atoms. The highest BCUT2D eigenvalue weighted by atomic mass is 79.9. The van der Waals surface area contributed by atoms with E-state index < -0.39 is 5.41 Å². The van der Waals surface area contributed by atoms with Crippen LogP contribution in [0, 0.1) is 0 Å². The van der Waals surface area contributed by atoms with Crippen molar-refractivity contribution in [3.63, 3.8) is 0 Å². The first kappa shape index (κ1) is 20.6. The summed E-state index contributed by atoms with van der Waals surface area (Å²) in [4.78, 5) is 17.5. The Labute approximate surface area is 184 Å². The van der Waals surface area contributed by atoms with Crippen LogP contribution in [-0.4, -0.2) is 24.1 Å². The molecule has 0 spiro atoms. The first-order chi connectivity index (χ1) is 14.7. The topological polar surface area (TPSA) is 60.5 Å². The molecule has 1 saturated heterocycles. The third kappa shape index (κ3) is 4.71. The lowest BCUT2D eigenvalue weighted by Gasteiger charge is -2.36. The monoisotopic (exact) mass is 466 g/mol. The molecule has 2 aromatic carbocycles. The molecule has 3 aromatic rings. The Morgan fingerprint density at radius 1 is 1.10 bits per heavy atom. The molecule has 1 fully saturated rings. The van der Waals surface area contributed by atoms with E-state index in [-0.39, 0.29) is 5.91 Å². The van der Waals surface area contributed by atoms with Crippen LogP contribution in [0.15, 0.2) is 77.5 Å². The lowest BCUT2D eigenvalue weighted by molar-refractivity contribution is -0.125. The molecular weight excluding hydrogens is 444 g/mol. The number of hydrogen-bond donors (Lipinski definition) is 1. The van der Waals surface area contributed by atoms with E-state index in [1.165, 1.54) is 0 Å². The third-order valence-corrected chi connectivity index (χ3v) is 5.93. The molecule has 4 rings (SSSR count). The molecule has 1 aliphatic rings. The van der Waals surface area contributed by atoms with Gasteiger partial charge in [0.05, 0.1) is 5.41 Å². The summed E-state index contributed by atoms with van der Waals surface area (Å²) in [6, 6.07) is 19.3. The Morgan fingerprint density at radius 2 is 1.90 bits per heavy atom. The van der Waals surface area contributed by atoms with Crippen molar-refractivity contribution in [3.05, 3.63) is 88.7 Å². The largest absolute Gasteiger partial charge is 0.489 e. The second-order valence-corrected chi connectivity index (χ2v) is 8.25. The van der Waals surface area contributed by atoms with Gasteiger partial charge in [-0.15, -0.1) is 0 Å². The van der Waals surface area contributed by atoms with Crippen molar-refractivity contribution in [3.8, 4) is 5.75 Å². The zero-order chi connectivity index (χ0) is 20.8. The summed E-state index contributed by atoms with van der Waals surface area (Å²) < 4.78 is 12.4. The van der Waals surface area contributed by atoms with Gasteiger partial charge < -0.3 is 14.8 Å². The number of anilines is 1. The molecular formula is C24H23BrN2O3. The van der Waals surface area contributed by atoms with Gasteiger partial charge in [-0.3, -0.25) is 9.78 Å². The fraction of sp³-hybridized carbons (Fsp3) is 0.250. The fourth-order valence-corrected chi connectivity index (χ4v) is 3.96. The highest BCUT2D eigenvalue weighted by Gasteiger charge is 2.41. The lowest BCUT2D eigenvalue weighted by atomic mass is 9.73. The maximum atomic E-state index is 13.4. The zero-order valence-corrected chi connectivity index (χ0v) is 18.1. The third-order valence-electron chi connectivity index (χ3n) is 5.40. The van der Waals surface area contributed by atoms with Gasteiger partial charge in [0.25, 0.3) is 0 Å². The van der Waals surface area contributed by atoms with Crippen LogP contribution in [0.3, 0.4) is 0 Å². The van der Waals surface area contributed by atoms with Crippen molar-refractivity contribution in [2.75, 3.05) is 18.5 Å². The lowest BCUT2D eigenvalue weighted by Crippen LogP contribution is -2.44. The summed E-state index contributed by atoms with van der Waals surface area (Å²) >= 11 is 3.47. The average molecular weight is 467 g/mol. The van der Waals surface area contributed by atoms with Crippen molar-refractivity contribution >= 4 is 27.5 Å². The van der Waals surface area contributed by atoms with Crippen molar-refractivity contribution in [1.82, 2.24) is 4.98 Å². The van der Waals surface area contributed by atoms with E-state index in [2.05, 4.69) is 26.2 Å². The minimum Gasteiger partial charge on any atom is -0.489 e. The van der Waals surface area contributed by atoms with Crippen LogP contribution in [0.4, 0.5) is 5.69 Å². The molecule has 0 atom stereocenters. The summed E-state index contributed by atoms with van der Waals surface area (Å²) in [7, 11) is 0. The molecule has 6 heteroatoms. The number of nitrogens with zero attached hydrogens (tertiary/aromatic N) is 1. The van der Waals surface area contributed by atoms with E-state index in [9.17, 15) is 4.79 Å². The number of carbonyl (C=O) groups excluding carboxylic acids is 1. The molecule has 0 unspecified atom stereocenters. The van der Waals surface area contributed by atoms with E-state index >= 15 is 0 Å². The van der Waals surface area contributed by atoms with Crippen molar-refractivity contribution < 1.29 is 14.3 Å². The van der Waals surface area contributed by atoms with Crippen LogP contribution in [0.2, 0.25) is 0 Å². The van der Waals surface area contributed by atoms with Crippen LogP contribution < -0.4 is 10.1 Å². The van der Waals surface area contributed by atoms with E-state index in [0.29, 0.717) is 44.1 Å². The Bertz CT molecular complexity index is 987. The maximum absolute atomic E-state index is 13.4. The minimum absolute atomic E-state index is 0.0162. The minimum atomic E-state index is -0.606. The number of amides is 1. The van der Waals surface area contributed by atoms with Gasteiger partial charge in [-0.25, -0.2) is 0 Å². The Kier molecular flexibility index (Phi) is 6.45. The van der Waals surface area contributed by atoms with Gasteiger partial charge in [-0.05, 0) is 48.7 Å². The molecule has 5 nitrogen and oxygen atoms in total. The van der Waals surface area contributed by atoms with Crippen LogP contribution in [-0.2, 0) is 21.6 Å². The smallest absolute Gasteiger partial charge is 0.235 e. The molecule has 0 bridgehead atoms. The van der Waals surface area contributed by atoms with E-state index in [4.69, 9.17) is 9.47 Å². The van der Waals surface area contributed by atoms with Crippen molar-refractivity contribution in [2.45, 2.75) is 24.9 Å². The molecule has 0 aliphatic carbocycles. The highest BCUT2D eigenvalue weighted by Crippen LogP contribution is 2.37. The molecule has 1 aliphatic heterocycles. The molecule has 1 aromatic heterocycles. The van der Waals surface area contributed by atoms with E-state index in [0.717, 1.165) is 15.6 Å². The van der Waals surface area contributed by atoms with E-state index in [1.54, 1.807) is 12.4 Å². The number of pyridine rings is 1. The number of rotatable bonds is 6.